The maximum Gasteiger partial charge on any atom is 0.336 e. The van der Waals surface area contributed by atoms with Crippen LogP contribution in [0.1, 0.15) is 34.7 Å². The summed E-state index contributed by atoms with van der Waals surface area (Å²) in [5.41, 5.74) is 4.86. The quantitative estimate of drug-likeness (QED) is 0.645. The van der Waals surface area contributed by atoms with Gasteiger partial charge < -0.3 is 8.98 Å². The fourth-order valence-corrected chi connectivity index (χ4v) is 5.02. The monoisotopic (exact) mass is 376 g/mol. The molecule has 1 aromatic carbocycles. The maximum atomic E-state index is 12.2. The number of nitrogens with zero attached hydrogens (tertiary/aromatic N) is 2. The smallest absolute Gasteiger partial charge is 0.336 e. The van der Waals surface area contributed by atoms with Crippen LogP contribution in [-0.4, -0.2) is 22.6 Å². The number of pyridine rings is 1. The summed E-state index contributed by atoms with van der Waals surface area (Å²) in [6.07, 6.45) is 1.13. The predicted molar refractivity (Wildman–Crippen MR) is 109 cm³/mol. The second-order valence-electron chi connectivity index (χ2n) is 8.37. The van der Waals surface area contributed by atoms with Gasteiger partial charge in [0.05, 0.1) is 0 Å². The lowest BCUT2D eigenvalue weighted by Crippen LogP contribution is -2.46. The Morgan fingerprint density at radius 1 is 1.07 bits per heavy atom. The minimum absolute atomic E-state index is 0.109. The van der Waals surface area contributed by atoms with E-state index in [0.29, 0.717) is 17.4 Å². The lowest BCUT2D eigenvalue weighted by atomic mass is 9.83. The number of rotatable bonds is 2. The maximum absolute atomic E-state index is 12.2. The average molecular weight is 376 g/mol. The molecule has 28 heavy (non-hydrogen) atoms. The van der Waals surface area contributed by atoms with Crippen LogP contribution in [0.25, 0.3) is 11.0 Å². The van der Waals surface area contributed by atoms with Gasteiger partial charge in [-0.2, -0.15) is 0 Å². The molecule has 2 bridgehead atoms. The van der Waals surface area contributed by atoms with Crippen LogP contribution in [0, 0.1) is 19.8 Å². The molecule has 3 aromatic rings. The molecule has 1 fully saturated rings. The molecule has 0 saturated carbocycles. The van der Waals surface area contributed by atoms with E-state index in [4.69, 9.17) is 4.42 Å². The molecule has 0 amide bonds. The van der Waals surface area contributed by atoms with Crippen molar-refractivity contribution in [2.45, 2.75) is 39.3 Å². The van der Waals surface area contributed by atoms with Gasteiger partial charge >= 0.3 is 5.63 Å². The van der Waals surface area contributed by atoms with Gasteiger partial charge in [0.25, 0.3) is 5.56 Å². The number of benzene rings is 1. The molecule has 2 aliphatic rings. The molecule has 5 heteroatoms. The van der Waals surface area contributed by atoms with Gasteiger partial charge in [-0.3, -0.25) is 9.69 Å². The van der Waals surface area contributed by atoms with Crippen molar-refractivity contribution < 1.29 is 4.42 Å². The Labute approximate surface area is 163 Å². The number of aromatic nitrogens is 1. The predicted octanol–water partition coefficient (Wildman–Crippen LogP) is 3.19. The van der Waals surface area contributed by atoms with Crippen LogP contribution in [-0.2, 0) is 13.1 Å². The highest BCUT2D eigenvalue weighted by molar-refractivity contribution is 5.83. The van der Waals surface area contributed by atoms with Crippen molar-refractivity contribution in [2.24, 2.45) is 5.92 Å². The molecule has 1 saturated heterocycles. The van der Waals surface area contributed by atoms with Crippen LogP contribution in [0.4, 0.5) is 0 Å². The summed E-state index contributed by atoms with van der Waals surface area (Å²) in [5, 5.41) is 1.02. The van der Waals surface area contributed by atoms with Crippen molar-refractivity contribution in [3.8, 4) is 0 Å². The Balaban J connectivity index is 1.49. The highest BCUT2D eigenvalue weighted by Gasteiger charge is 2.34. The zero-order chi connectivity index (χ0) is 19.4. The molecule has 0 aliphatic carbocycles. The first-order chi connectivity index (χ1) is 13.5. The highest BCUT2D eigenvalue weighted by Crippen LogP contribution is 2.36. The van der Waals surface area contributed by atoms with Crippen molar-refractivity contribution in [3.05, 3.63) is 79.6 Å². The zero-order valence-electron chi connectivity index (χ0n) is 16.3. The van der Waals surface area contributed by atoms with Crippen LogP contribution < -0.4 is 11.2 Å². The first-order valence-electron chi connectivity index (χ1n) is 9.94. The molecule has 2 aromatic heterocycles. The second kappa shape index (κ2) is 6.45. The van der Waals surface area contributed by atoms with E-state index in [1.54, 1.807) is 12.1 Å². The molecular formula is C23H24N2O3. The summed E-state index contributed by atoms with van der Waals surface area (Å²) in [7, 11) is 0. The summed E-state index contributed by atoms with van der Waals surface area (Å²) in [4.78, 5) is 26.8. The summed E-state index contributed by atoms with van der Waals surface area (Å²) in [6.45, 7) is 7.42. The number of hydrogen-bond acceptors (Lipinski definition) is 4. The number of piperidine rings is 1. The lowest BCUT2D eigenvalue weighted by molar-refractivity contribution is 0.114. The van der Waals surface area contributed by atoms with Gasteiger partial charge in [0.15, 0.2) is 0 Å². The lowest BCUT2D eigenvalue weighted by Gasteiger charge is -2.42. The molecule has 0 unspecified atom stereocenters. The SMILES string of the molecule is Cc1ccc2c(CN3C[C@@H]4C[C@H](C3)c3cccc(=O)n3C4)cc(=O)oc2c1C. The van der Waals surface area contributed by atoms with Gasteiger partial charge in [-0.05, 0) is 48.9 Å². The topological polar surface area (TPSA) is 55.5 Å². The van der Waals surface area contributed by atoms with E-state index in [-0.39, 0.29) is 11.2 Å². The molecule has 0 spiro atoms. The Kier molecular flexibility index (Phi) is 4.02. The summed E-state index contributed by atoms with van der Waals surface area (Å²) in [6, 6.07) is 11.4. The fraction of sp³-hybridized carbons (Fsp3) is 0.391. The number of hydrogen-bond donors (Lipinski definition) is 0. The van der Waals surface area contributed by atoms with Gasteiger partial charge in [-0.1, -0.05) is 18.2 Å². The van der Waals surface area contributed by atoms with Crippen LogP contribution in [0.3, 0.4) is 0 Å². The normalized spacial score (nSPS) is 21.6. The summed E-state index contributed by atoms with van der Waals surface area (Å²) in [5.74, 6) is 0.846. The van der Waals surface area contributed by atoms with Crippen molar-refractivity contribution in [1.29, 1.82) is 0 Å². The van der Waals surface area contributed by atoms with E-state index in [2.05, 4.69) is 23.1 Å². The fourth-order valence-electron chi connectivity index (χ4n) is 5.02. The molecule has 4 heterocycles. The minimum Gasteiger partial charge on any atom is -0.422 e. The number of likely N-dealkylation sites (tertiary alicyclic amines) is 1. The molecular weight excluding hydrogens is 352 g/mol. The molecule has 5 nitrogen and oxygen atoms in total. The van der Waals surface area contributed by atoms with E-state index in [1.807, 2.05) is 24.5 Å². The van der Waals surface area contributed by atoms with Crippen molar-refractivity contribution in [3.63, 3.8) is 0 Å². The van der Waals surface area contributed by atoms with E-state index in [9.17, 15) is 9.59 Å². The molecule has 5 rings (SSSR count). The van der Waals surface area contributed by atoms with Gasteiger partial charge in [-0.15, -0.1) is 0 Å². The van der Waals surface area contributed by atoms with Crippen molar-refractivity contribution in [1.82, 2.24) is 9.47 Å². The third kappa shape index (κ3) is 2.81. The summed E-state index contributed by atoms with van der Waals surface area (Å²) < 4.78 is 7.48. The average Bonchev–Trinajstić information content (AvgIpc) is 2.66. The first kappa shape index (κ1) is 17.4. The highest BCUT2D eigenvalue weighted by atomic mass is 16.4. The molecule has 2 aliphatic heterocycles. The zero-order valence-corrected chi connectivity index (χ0v) is 16.3. The van der Waals surface area contributed by atoms with Crippen LogP contribution in [0.2, 0.25) is 0 Å². The van der Waals surface area contributed by atoms with Gasteiger partial charge in [-0.25, -0.2) is 4.79 Å². The second-order valence-corrected chi connectivity index (χ2v) is 8.37. The Morgan fingerprint density at radius 2 is 1.93 bits per heavy atom. The molecule has 0 N–H and O–H groups in total. The van der Waals surface area contributed by atoms with E-state index < -0.39 is 0 Å². The Bertz CT molecular complexity index is 1190. The van der Waals surface area contributed by atoms with E-state index in [1.165, 1.54) is 0 Å². The third-order valence-corrected chi connectivity index (χ3v) is 6.47. The number of fused-ring (bicyclic) bond motifs is 5. The number of aryl methyl sites for hydroxylation is 2. The van der Waals surface area contributed by atoms with Crippen molar-refractivity contribution >= 4 is 11.0 Å². The first-order valence-corrected chi connectivity index (χ1v) is 9.94. The Hall–Kier alpha value is -2.66. The largest absolute Gasteiger partial charge is 0.422 e. The standard InChI is InChI=1S/C23H24N2O3/c1-14-6-7-19-17(9-22(27)28-23(19)15(14)2)12-24-10-16-8-18(13-24)20-4-3-5-21(26)25(20)11-16/h3-7,9,16,18H,8,10-13H2,1-2H3/t16-,18+/m0/s1. The van der Waals surface area contributed by atoms with E-state index in [0.717, 1.165) is 60.4 Å². The van der Waals surface area contributed by atoms with Crippen LogP contribution in [0.5, 0.6) is 0 Å². The van der Waals surface area contributed by atoms with Gasteiger partial charge in [0, 0.05) is 55.3 Å². The van der Waals surface area contributed by atoms with E-state index >= 15 is 0 Å². The third-order valence-electron chi connectivity index (χ3n) is 6.47. The van der Waals surface area contributed by atoms with Crippen molar-refractivity contribution in [2.75, 3.05) is 13.1 Å². The summed E-state index contributed by atoms with van der Waals surface area (Å²) >= 11 is 0. The van der Waals surface area contributed by atoms with Crippen LogP contribution >= 0.6 is 0 Å². The molecule has 0 radical (unpaired) electrons. The molecule has 144 valence electrons. The van der Waals surface area contributed by atoms with Gasteiger partial charge in [0.1, 0.15) is 5.58 Å². The van der Waals surface area contributed by atoms with Crippen LogP contribution in [0.15, 0.2) is 50.4 Å². The minimum atomic E-state index is -0.287. The molecule has 2 atom stereocenters. The van der Waals surface area contributed by atoms with Gasteiger partial charge in [0.2, 0.25) is 0 Å². The Morgan fingerprint density at radius 3 is 2.79 bits per heavy atom.